The quantitative estimate of drug-likeness (QED) is 0.717. The maximum absolute atomic E-state index is 5.92. The third-order valence-corrected chi connectivity index (χ3v) is 3.83. The molecular formula is C17H20INO2. The molecular weight excluding hydrogens is 377 g/mol. The second kappa shape index (κ2) is 8.24. The lowest BCUT2D eigenvalue weighted by Crippen LogP contribution is -2.11. The Morgan fingerprint density at radius 1 is 1.00 bits per heavy atom. The third kappa shape index (κ3) is 4.89. The van der Waals surface area contributed by atoms with E-state index in [1.165, 1.54) is 9.13 Å². The molecule has 2 aromatic rings. The number of benzene rings is 2. The van der Waals surface area contributed by atoms with Crippen molar-refractivity contribution in [2.45, 2.75) is 20.1 Å². The molecule has 0 saturated heterocycles. The van der Waals surface area contributed by atoms with Gasteiger partial charge in [-0.3, -0.25) is 0 Å². The smallest absolute Gasteiger partial charge is 0.161 e. The minimum absolute atomic E-state index is 0.540. The van der Waals surface area contributed by atoms with Gasteiger partial charge in [0.25, 0.3) is 0 Å². The Labute approximate surface area is 139 Å². The molecule has 0 aliphatic rings. The van der Waals surface area contributed by atoms with E-state index in [-0.39, 0.29) is 0 Å². The molecule has 3 nitrogen and oxygen atoms in total. The zero-order valence-corrected chi connectivity index (χ0v) is 14.5. The van der Waals surface area contributed by atoms with E-state index < -0.39 is 0 Å². The highest BCUT2D eigenvalue weighted by atomic mass is 127. The van der Waals surface area contributed by atoms with Gasteiger partial charge in [0.1, 0.15) is 6.61 Å². The summed E-state index contributed by atoms with van der Waals surface area (Å²) in [5.74, 6) is 1.55. The van der Waals surface area contributed by atoms with Crippen LogP contribution in [0.5, 0.6) is 11.5 Å². The van der Waals surface area contributed by atoms with Gasteiger partial charge in [-0.25, -0.2) is 0 Å². The van der Waals surface area contributed by atoms with Gasteiger partial charge in [-0.2, -0.15) is 0 Å². The van der Waals surface area contributed by atoms with Crippen LogP contribution in [0.4, 0.5) is 0 Å². The van der Waals surface area contributed by atoms with Crippen LogP contribution in [0.2, 0.25) is 0 Å². The van der Waals surface area contributed by atoms with Crippen molar-refractivity contribution in [2.75, 3.05) is 13.7 Å². The average Bonchev–Trinajstić information content (AvgIpc) is 2.52. The first-order chi connectivity index (χ1) is 10.2. The first kappa shape index (κ1) is 16.1. The first-order valence-electron chi connectivity index (χ1n) is 6.97. The molecule has 0 bridgehead atoms. The highest BCUT2D eigenvalue weighted by molar-refractivity contribution is 14.1. The zero-order chi connectivity index (χ0) is 15.1. The van der Waals surface area contributed by atoms with Crippen molar-refractivity contribution < 1.29 is 9.47 Å². The lowest BCUT2D eigenvalue weighted by Gasteiger charge is -2.13. The van der Waals surface area contributed by atoms with Gasteiger partial charge in [0.05, 0.1) is 7.11 Å². The van der Waals surface area contributed by atoms with E-state index in [0.29, 0.717) is 6.61 Å². The third-order valence-electron chi connectivity index (χ3n) is 3.11. The summed E-state index contributed by atoms with van der Waals surface area (Å²) in [6, 6.07) is 14.4. The number of hydrogen-bond acceptors (Lipinski definition) is 3. The highest BCUT2D eigenvalue weighted by Crippen LogP contribution is 2.29. The van der Waals surface area contributed by atoms with Crippen LogP contribution in [0.1, 0.15) is 18.1 Å². The molecule has 0 aliphatic carbocycles. The number of nitrogens with one attached hydrogen (secondary N) is 1. The predicted molar refractivity (Wildman–Crippen MR) is 93.9 cm³/mol. The second-order valence-electron chi connectivity index (χ2n) is 4.68. The predicted octanol–water partition coefficient (Wildman–Crippen LogP) is 3.99. The van der Waals surface area contributed by atoms with Gasteiger partial charge in [0.15, 0.2) is 11.5 Å². The zero-order valence-electron chi connectivity index (χ0n) is 12.4. The van der Waals surface area contributed by atoms with Crippen LogP contribution in [0.15, 0.2) is 42.5 Å². The molecule has 0 amide bonds. The van der Waals surface area contributed by atoms with E-state index in [1.54, 1.807) is 7.11 Å². The standard InChI is InChI=1S/C17H20INO2/c1-3-19-11-14-6-9-16(20-2)17(10-14)21-12-13-4-7-15(18)8-5-13/h4-10,19H,3,11-12H2,1-2H3. The fourth-order valence-electron chi connectivity index (χ4n) is 1.95. The van der Waals surface area contributed by atoms with E-state index in [0.717, 1.165) is 30.2 Å². The summed E-state index contributed by atoms with van der Waals surface area (Å²) in [6.45, 7) is 4.42. The van der Waals surface area contributed by atoms with Gasteiger partial charge in [-0.05, 0) is 64.5 Å². The molecule has 0 saturated carbocycles. The Kier molecular flexibility index (Phi) is 6.32. The van der Waals surface area contributed by atoms with Crippen molar-refractivity contribution in [3.8, 4) is 11.5 Å². The second-order valence-corrected chi connectivity index (χ2v) is 5.93. The lowest BCUT2D eigenvalue weighted by atomic mass is 10.2. The summed E-state index contributed by atoms with van der Waals surface area (Å²) >= 11 is 2.30. The fourth-order valence-corrected chi connectivity index (χ4v) is 2.31. The SMILES string of the molecule is CCNCc1ccc(OC)c(OCc2ccc(I)cc2)c1. The summed E-state index contributed by atoms with van der Waals surface area (Å²) in [7, 11) is 1.66. The maximum atomic E-state index is 5.92. The van der Waals surface area contributed by atoms with E-state index in [4.69, 9.17) is 9.47 Å². The molecule has 0 heterocycles. The van der Waals surface area contributed by atoms with Crippen LogP contribution in [-0.2, 0) is 13.2 Å². The van der Waals surface area contributed by atoms with Gasteiger partial charge in [-0.1, -0.05) is 25.1 Å². The molecule has 112 valence electrons. The molecule has 2 aromatic carbocycles. The van der Waals surface area contributed by atoms with E-state index in [9.17, 15) is 0 Å². The monoisotopic (exact) mass is 397 g/mol. The topological polar surface area (TPSA) is 30.5 Å². The molecule has 0 atom stereocenters. The van der Waals surface area contributed by atoms with Crippen molar-refractivity contribution in [3.63, 3.8) is 0 Å². The van der Waals surface area contributed by atoms with Crippen molar-refractivity contribution in [3.05, 3.63) is 57.2 Å². The largest absolute Gasteiger partial charge is 0.493 e. The normalized spacial score (nSPS) is 10.4. The molecule has 21 heavy (non-hydrogen) atoms. The Morgan fingerprint density at radius 3 is 2.38 bits per heavy atom. The number of halogens is 1. The minimum Gasteiger partial charge on any atom is -0.493 e. The fraction of sp³-hybridized carbons (Fsp3) is 0.294. The van der Waals surface area contributed by atoms with Crippen molar-refractivity contribution >= 4 is 22.6 Å². The van der Waals surface area contributed by atoms with Crippen molar-refractivity contribution in [1.82, 2.24) is 5.32 Å². The Balaban J connectivity index is 2.07. The molecule has 0 fully saturated rings. The Hall–Kier alpha value is -1.27. The molecule has 0 spiro atoms. The number of ether oxygens (including phenoxy) is 2. The van der Waals surface area contributed by atoms with Crippen LogP contribution < -0.4 is 14.8 Å². The van der Waals surface area contributed by atoms with E-state index in [1.807, 2.05) is 12.1 Å². The maximum Gasteiger partial charge on any atom is 0.161 e. The Bertz CT molecular complexity index is 570. The molecule has 0 aliphatic heterocycles. The van der Waals surface area contributed by atoms with Crippen LogP contribution in [0.3, 0.4) is 0 Å². The van der Waals surface area contributed by atoms with Crippen LogP contribution in [0, 0.1) is 3.57 Å². The minimum atomic E-state index is 0.540. The van der Waals surface area contributed by atoms with Crippen molar-refractivity contribution in [1.29, 1.82) is 0 Å². The van der Waals surface area contributed by atoms with Gasteiger partial charge >= 0.3 is 0 Å². The van der Waals surface area contributed by atoms with Crippen LogP contribution in [0.25, 0.3) is 0 Å². The molecule has 0 aromatic heterocycles. The van der Waals surface area contributed by atoms with Gasteiger partial charge in [-0.15, -0.1) is 0 Å². The van der Waals surface area contributed by atoms with Crippen molar-refractivity contribution in [2.24, 2.45) is 0 Å². The summed E-state index contributed by atoms with van der Waals surface area (Å²) < 4.78 is 12.5. The Morgan fingerprint density at radius 2 is 1.71 bits per heavy atom. The number of rotatable bonds is 7. The summed E-state index contributed by atoms with van der Waals surface area (Å²) in [4.78, 5) is 0. The van der Waals surface area contributed by atoms with E-state index in [2.05, 4.69) is 65.2 Å². The summed E-state index contributed by atoms with van der Waals surface area (Å²) in [6.07, 6.45) is 0. The van der Waals surface area contributed by atoms with Gasteiger partial charge < -0.3 is 14.8 Å². The molecule has 2 rings (SSSR count). The summed E-state index contributed by atoms with van der Waals surface area (Å²) in [5, 5.41) is 3.31. The highest BCUT2D eigenvalue weighted by Gasteiger charge is 2.06. The number of hydrogen-bond donors (Lipinski definition) is 1. The first-order valence-corrected chi connectivity index (χ1v) is 8.05. The van der Waals surface area contributed by atoms with Gasteiger partial charge in [0.2, 0.25) is 0 Å². The molecule has 4 heteroatoms. The molecule has 1 N–H and O–H groups in total. The van der Waals surface area contributed by atoms with Crippen LogP contribution in [-0.4, -0.2) is 13.7 Å². The lowest BCUT2D eigenvalue weighted by molar-refractivity contribution is 0.284. The average molecular weight is 397 g/mol. The molecule has 0 unspecified atom stereocenters. The molecule has 0 radical (unpaired) electrons. The summed E-state index contributed by atoms with van der Waals surface area (Å²) in [5.41, 5.74) is 2.34. The van der Waals surface area contributed by atoms with Crippen LogP contribution >= 0.6 is 22.6 Å². The number of methoxy groups -OCH3 is 1. The van der Waals surface area contributed by atoms with Gasteiger partial charge in [0, 0.05) is 10.1 Å². The van der Waals surface area contributed by atoms with E-state index >= 15 is 0 Å².